The number of aromatic nitrogens is 1. The Kier molecular flexibility index (Phi) is 7.92. The van der Waals surface area contributed by atoms with E-state index >= 15 is 0 Å². The molecule has 0 radical (unpaired) electrons. The minimum absolute atomic E-state index is 0.164. The number of nitrogens with zero attached hydrogens (tertiary/aromatic N) is 2. The molecule has 2 saturated heterocycles. The first-order valence-corrected chi connectivity index (χ1v) is 14.5. The predicted octanol–water partition coefficient (Wildman–Crippen LogP) is 6.59. The number of rotatable bonds is 7. The van der Waals surface area contributed by atoms with Gasteiger partial charge in [0.2, 0.25) is 0 Å². The summed E-state index contributed by atoms with van der Waals surface area (Å²) in [7, 11) is 3.10. The first-order valence-electron chi connectivity index (χ1n) is 14.5. The molecule has 2 fully saturated rings. The second-order valence-electron chi connectivity index (χ2n) is 12.2. The van der Waals surface area contributed by atoms with E-state index in [-0.39, 0.29) is 17.6 Å². The average Bonchev–Trinajstić information content (AvgIpc) is 3.47. The van der Waals surface area contributed by atoms with Crippen LogP contribution >= 0.6 is 0 Å². The maximum absolute atomic E-state index is 13.1. The zero-order chi connectivity index (χ0) is 29.5. The largest absolute Gasteiger partial charge is 0.496 e. The number of benzene rings is 2. The second kappa shape index (κ2) is 11.1. The van der Waals surface area contributed by atoms with Crippen LogP contribution in [0.5, 0.6) is 5.75 Å². The highest BCUT2D eigenvalue weighted by atomic mass is 16.6. The van der Waals surface area contributed by atoms with E-state index in [1.54, 1.807) is 17.9 Å². The van der Waals surface area contributed by atoms with E-state index in [4.69, 9.17) is 18.9 Å². The van der Waals surface area contributed by atoms with Gasteiger partial charge in [0.05, 0.1) is 31.4 Å². The van der Waals surface area contributed by atoms with E-state index in [0.29, 0.717) is 24.8 Å². The number of hydrogen-bond acceptors (Lipinski definition) is 7. The van der Waals surface area contributed by atoms with E-state index in [1.807, 2.05) is 52.0 Å². The molecule has 0 spiro atoms. The topological polar surface area (TPSA) is 79.2 Å². The summed E-state index contributed by atoms with van der Waals surface area (Å²) >= 11 is 0. The Bertz CT molecular complexity index is 1440. The molecule has 2 bridgehead atoms. The van der Waals surface area contributed by atoms with Crippen molar-refractivity contribution in [3.05, 3.63) is 64.8 Å². The van der Waals surface area contributed by atoms with Crippen LogP contribution in [0, 0.1) is 6.92 Å². The lowest BCUT2D eigenvalue weighted by molar-refractivity contribution is -0.0593. The molecule has 1 unspecified atom stereocenters. The van der Waals surface area contributed by atoms with Crippen molar-refractivity contribution in [2.24, 2.45) is 0 Å². The molecule has 0 N–H and O–H groups in total. The van der Waals surface area contributed by atoms with Crippen molar-refractivity contribution in [2.75, 3.05) is 20.8 Å². The summed E-state index contributed by atoms with van der Waals surface area (Å²) in [6.07, 6.45) is 5.44. The molecule has 2 aliphatic rings. The lowest BCUT2D eigenvalue weighted by Gasteiger charge is -2.48. The molecule has 1 aromatic heterocycles. The number of hydrogen-bond donors (Lipinski definition) is 0. The number of aryl methyl sites for hydroxylation is 1. The summed E-state index contributed by atoms with van der Waals surface area (Å²) in [5.74, 6) is 0.465. The van der Waals surface area contributed by atoms with E-state index in [9.17, 15) is 9.59 Å². The van der Waals surface area contributed by atoms with Crippen LogP contribution < -0.4 is 4.74 Å². The predicted molar refractivity (Wildman–Crippen MR) is 158 cm³/mol. The van der Waals surface area contributed by atoms with Crippen molar-refractivity contribution in [3.63, 3.8) is 0 Å². The maximum Gasteiger partial charge on any atom is 0.419 e. The number of carbonyl (C=O) groups excluding carboxylic acids is 2. The van der Waals surface area contributed by atoms with Gasteiger partial charge < -0.3 is 18.9 Å². The summed E-state index contributed by atoms with van der Waals surface area (Å²) in [5, 5.41) is 0.982. The summed E-state index contributed by atoms with van der Waals surface area (Å²) in [6, 6.07) is 12.2. The fraction of sp³-hybridized carbons (Fsp3) is 0.515. The normalized spacial score (nSPS) is 22.6. The Morgan fingerprint density at radius 1 is 1.10 bits per heavy atom. The number of carbonyl (C=O) groups is 2. The van der Waals surface area contributed by atoms with Crippen LogP contribution in [0.1, 0.15) is 80.4 Å². The first kappa shape index (κ1) is 29.1. The number of piperidine rings is 1. The molecule has 41 heavy (non-hydrogen) atoms. The van der Waals surface area contributed by atoms with Crippen molar-refractivity contribution in [1.82, 2.24) is 9.47 Å². The Morgan fingerprint density at radius 3 is 2.46 bits per heavy atom. The Morgan fingerprint density at radius 2 is 1.83 bits per heavy atom. The Labute approximate surface area is 242 Å². The molecular weight excluding hydrogens is 520 g/mol. The van der Waals surface area contributed by atoms with Crippen LogP contribution in [0.25, 0.3) is 10.9 Å². The molecule has 2 aromatic carbocycles. The third-order valence-electron chi connectivity index (χ3n) is 8.60. The summed E-state index contributed by atoms with van der Waals surface area (Å²) in [6.45, 7) is 11.0. The van der Waals surface area contributed by atoms with Crippen molar-refractivity contribution in [1.29, 1.82) is 0 Å². The highest BCUT2D eigenvalue weighted by Crippen LogP contribution is 2.53. The fourth-order valence-corrected chi connectivity index (χ4v) is 6.93. The first-order chi connectivity index (χ1) is 19.5. The lowest BCUT2D eigenvalue weighted by Crippen LogP contribution is -2.52. The maximum atomic E-state index is 13.1. The molecule has 0 aliphatic carbocycles. The van der Waals surface area contributed by atoms with Gasteiger partial charge in [-0.3, -0.25) is 9.47 Å². The minimum Gasteiger partial charge on any atom is -0.496 e. The van der Waals surface area contributed by atoms with E-state index in [1.165, 1.54) is 12.7 Å². The van der Waals surface area contributed by atoms with E-state index in [2.05, 4.69) is 24.0 Å². The van der Waals surface area contributed by atoms with Gasteiger partial charge in [0.25, 0.3) is 0 Å². The monoisotopic (exact) mass is 562 g/mol. The highest BCUT2D eigenvalue weighted by Gasteiger charge is 2.53. The van der Waals surface area contributed by atoms with Gasteiger partial charge >= 0.3 is 12.1 Å². The lowest BCUT2D eigenvalue weighted by atomic mass is 9.79. The van der Waals surface area contributed by atoms with Crippen molar-refractivity contribution in [2.45, 2.75) is 90.1 Å². The van der Waals surface area contributed by atoms with E-state index in [0.717, 1.165) is 53.5 Å². The smallest absolute Gasteiger partial charge is 0.419 e. The highest BCUT2D eigenvalue weighted by molar-refractivity contribution is 5.95. The van der Waals surface area contributed by atoms with E-state index < -0.39 is 11.7 Å². The SMILES string of the molecule is CCO[C@@H]1C[C@@H]2CCC(c3ccc(C(=O)OC)cc3)(C1)N2Cc1c(OC)cc(C)c2c1ccn2C(=O)OC(C)(C)C. The van der Waals surface area contributed by atoms with Gasteiger partial charge in [-0.05, 0) is 95.7 Å². The third-order valence-corrected chi connectivity index (χ3v) is 8.60. The standard InChI is InChI=1S/C33H42N2O6/c1-8-40-25-18-24-13-15-33(19-25,23-11-9-22(10-12-23)30(36)39-7)35(24)20-27-26-14-16-34(31(37)41-32(3,4)5)29(26)21(2)17-28(27)38-6/h9-12,14,16-17,24-25H,8,13,15,18-20H2,1-7H3/t24-,25+,33?/m0/s1. The Hall–Kier alpha value is -3.36. The van der Waals surface area contributed by atoms with Crippen LogP contribution in [-0.4, -0.2) is 60.1 Å². The van der Waals surface area contributed by atoms with Crippen molar-refractivity contribution < 1.29 is 28.5 Å². The summed E-state index contributed by atoms with van der Waals surface area (Å²) in [4.78, 5) is 27.9. The quantitative estimate of drug-likeness (QED) is 0.301. The fourth-order valence-electron chi connectivity index (χ4n) is 6.93. The molecule has 5 rings (SSSR count). The molecule has 8 nitrogen and oxygen atoms in total. The second-order valence-corrected chi connectivity index (χ2v) is 12.2. The number of ether oxygens (including phenoxy) is 4. The molecule has 0 amide bonds. The van der Waals surface area contributed by atoms with Gasteiger partial charge in [0, 0.05) is 41.9 Å². The van der Waals surface area contributed by atoms with Crippen LogP contribution in [0.2, 0.25) is 0 Å². The molecule has 3 atom stereocenters. The van der Waals surface area contributed by atoms with Crippen LogP contribution in [0.3, 0.4) is 0 Å². The van der Waals surface area contributed by atoms with Gasteiger partial charge in [0.1, 0.15) is 11.4 Å². The van der Waals surface area contributed by atoms with Crippen molar-refractivity contribution in [3.8, 4) is 5.75 Å². The summed E-state index contributed by atoms with van der Waals surface area (Å²) < 4.78 is 24.4. The van der Waals surface area contributed by atoms with Gasteiger partial charge in [-0.25, -0.2) is 9.59 Å². The summed E-state index contributed by atoms with van der Waals surface area (Å²) in [5.41, 5.74) is 3.69. The van der Waals surface area contributed by atoms with Gasteiger partial charge in [0.15, 0.2) is 0 Å². The number of esters is 1. The molecule has 220 valence electrons. The third kappa shape index (κ3) is 5.35. The van der Waals surface area contributed by atoms with Gasteiger partial charge in [-0.15, -0.1) is 0 Å². The molecule has 2 aliphatic heterocycles. The van der Waals surface area contributed by atoms with Gasteiger partial charge in [-0.2, -0.15) is 0 Å². The molecule has 8 heteroatoms. The molecule has 3 aromatic rings. The number of methoxy groups -OCH3 is 2. The van der Waals surface area contributed by atoms with Crippen LogP contribution in [0.15, 0.2) is 42.6 Å². The van der Waals surface area contributed by atoms with Gasteiger partial charge in [-0.1, -0.05) is 12.1 Å². The molecular formula is C33H42N2O6. The zero-order valence-electron chi connectivity index (χ0n) is 25.3. The van der Waals surface area contributed by atoms with Crippen LogP contribution in [-0.2, 0) is 26.3 Å². The molecule has 0 saturated carbocycles. The number of fused-ring (bicyclic) bond motifs is 3. The van der Waals surface area contributed by atoms with Crippen LogP contribution in [0.4, 0.5) is 4.79 Å². The average molecular weight is 563 g/mol. The molecule has 3 heterocycles. The Balaban J connectivity index is 1.59. The zero-order valence-corrected chi connectivity index (χ0v) is 25.3. The van der Waals surface area contributed by atoms with Crippen molar-refractivity contribution >= 4 is 23.0 Å². The minimum atomic E-state index is -0.600.